The van der Waals surface area contributed by atoms with Crippen molar-refractivity contribution < 1.29 is 9.53 Å². The number of rotatable bonds is 8. The molecule has 2 aromatic rings. The zero-order valence-corrected chi connectivity index (χ0v) is 16.8. The smallest absolute Gasteiger partial charge is 0.253 e. The first-order chi connectivity index (χ1) is 13.7. The van der Waals surface area contributed by atoms with Crippen molar-refractivity contribution in [3.63, 3.8) is 0 Å². The van der Waals surface area contributed by atoms with Crippen molar-refractivity contribution in [3.05, 3.63) is 54.1 Å². The Bertz CT molecular complexity index is 773. The van der Waals surface area contributed by atoms with Gasteiger partial charge in [-0.2, -0.15) is 0 Å². The van der Waals surface area contributed by atoms with Crippen molar-refractivity contribution in [3.8, 4) is 5.75 Å². The lowest BCUT2D eigenvalue weighted by Gasteiger charge is -2.36. The molecule has 1 aliphatic heterocycles. The minimum absolute atomic E-state index is 0.0315. The molecule has 0 spiro atoms. The molecule has 1 saturated heterocycles. The van der Waals surface area contributed by atoms with Crippen LogP contribution in [-0.4, -0.2) is 63.7 Å². The van der Waals surface area contributed by atoms with Crippen molar-refractivity contribution in [1.82, 2.24) is 10.2 Å². The molecule has 2 aromatic carbocycles. The molecular weight excluding hydrogens is 352 g/mol. The fourth-order valence-electron chi connectivity index (χ4n) is 3.54. The molecule has 150 valence electrons. The van der Waals surface area contributed by atoms with Gasteiger partial charge in [0.2, 0.25) is 0 Å². The van der Waals surface area contributed by atoms with E-state index in [1.807, 2.05) is 43.3 Å². The maximum Gasteiger partial charge on any atom is 0.253 e. The summed E-state index contributed by atoms with van der Waals surface area (Å²) in [6.07, 6.45) is 0. The number of hydrogen-bond donors (Lipinski definition) is 2. The van der Waals surface area contributed by atoms with Gasteiger partial charge < -0.3 is 20.3 Å². The van der Waals surface area contributed by atoms with Gasteiger partial charge in [0, 0.05) is 51.5 Å². The average molecular weight is 383 g/mol. The van der Waals surface area contributed by atoms with Crippen LogP contribution in [0.2, 0.25) is 0 Å². The van der Waals surface area contributed by atoms with Gasteiger partial charge in [-0.3, -0.25) is 9.69 Å². The molecule has 6 nitrogen and oxygen atoms in total. The summed E-state index contributed by atoms with van der Waals surface area (Å²) >= 11 is 0. The van der Waals surface area contributed by atoms with Crippen LogP contribution < -0.4 is 20.3 Å². The van der Waals surface area contributed by atoms with Crippen LogP contribution in [0.15, 0.2) is 48.5 Å². The van der Waals surface area contributed by atoms with E-state index in [0.29, 0.717) is 12.1 Å². The first-order valence-electron chi connectivity index (χ1n) is 9.94. The van der Waals surface area contributed by atoms with Gasteiger partial charge in [-0.1, -0.05) is 24.3 Å². The van der Waals surface area contributed by atoms with Gasteiger partial charge in [0.15, 0.2) is 0 Å². The first-order valence-corrected chi connectivity index (χ1v) is 9.94. The predicted octanol–water partition coefficient (Wildman–Crippen LogP) is 2.68. The van der Waals surface area contributed by atoms with Crippen LogP contribution in [0.3, 0.4) is 0 Å². The third-order valence-corrected chi connectivity index (χ3v) is 5.05. The molecule has 1 amide bonds. The molecule has 3 rings (SSSR count). The minimum atomic E-state index is -0.0315. The number of ether oxygens (including phenoxy) is 1. The molecule has 0 saturated carbocycles. The molecule has 6 heteroatoms. The molecule has 1 heterocycles. The molecule has 0 bridgehead atoms. The Balaban J connectivity index is 1.48. The summed E-state index contributed by atoms with van der Waals surface area (Å²) in [5.74, 6) is 0.899. The zero-order chi connectivity index (χ0) is 19.8. The topological polar surface area (TPSA) is 56.8 Å². The van der Waals surface area contributed by atoms with E-state index in [2.05, 4.69) is 32.6 Å². The second kappa shape index (κ2) is 9.99. The number of para-hydroxylation sites is 3. The molecule has 0 radical (unpaired) electrons. The number of nitrogens with zero attached hydrogens (tertiary/aromatic N) is 2. The highest BCUT2D eigenvalue weighted by molar-refractivity contribution is 5.99. The highest BCUT2D eigenvalue weighted by atomic mass is 16.5. The van der Waals surface area contributed by atoms with Gasteiger partial charge in [-0.25, -0.2) is 0 Å². The molecule has 0 aliphatic carbocycles. The first kappa shape index (κ1) is 20.0. The summed E-state index contributed by atoms with van der Waals surface area (Å²) in [7, 11) is 1.72. The molecule has 1 fully saturated rings. The van der Waals surface area contributed by atoms with Gasteiger partial charge in [-0.15, -0.1) is 0 Å². The Labute approximate surface area is 167 Å². The van der Waals surface area contributed by atoms with E-state index in [-0.39, 0.29) is 5.91 Å². The maximum atomic E-state index is 12.2. The lowest BCUT2D eigenvalue weighted by Crippen LogP contribution is -2.47. The summed E-state index contributed by atoms with van der Waals surface area (Å²) in [5, 5.41) is 6.29. The summed E-state index contributed by atoms with van der Waals surface area (Å²) in [5.41, 5.74) is 2.75. The van der Waals surface area contributed by atoms with E-state index in [9.17, 15) is 4.79 Å². The van der Waals surface area contributed by atoms with Gasteiger partial charge in [0.25, 0.3) is 5.91 Å². The number of benzene rings is 2. The fraction of sp³-hybridized carbons (Fsp3) is 0.409. The summed E-state index contributed by atoms with van der Waals surface area (Å²) in [4.78, 5) is 17.0. The largest absolute Gasteiger partial charge is 0.495 e. The quantitative estimate of drug-likeness (QED) is 0.735. The van der Waals surface area contributed by atoms with Crippen molar-refractivity contribution in [2.45, 2.75) is 6.92 Å². The Morgan fingerprint density at radius 3 is 2.50 bits per heavy atom. The SMILES string of the molecule is CCNC(=O)c1ccccc1NCCN1CCN(c2ccccc2OC)CC1. The van der Waals surface area contributed by atoms with Crippen molar-refractivity contribution in [2.24, 2.45) is 0 Å². The zero-order valence-electron chi connectivity index (χ0n) is 16.8. The summed E-state index contributed by atoms with van der Waals surface area (Å²) in [6, 6.07) is 15.9. The normalized spacial score (nSPS) is 14.6. The number of nitrogens with one attached hydrogen (secondary N) is 2. The molecule has 1 aliphatic rings. The van der Waals surface area contributed by atoms with Gasteiger partial charge in [-0.05, 0) is 31.2 Å². The predicted molar refractivity (Wildman–Crippen MR) is 115 cm³/mol. The number of amides is 1. The Kier molecular flexibility index (Phi) is 7.14. The number of carbonyl (C=O) groups excluding carboxylic acids is 1. The molecule has 28 heavy (non-hydrogen) atoms. The average Bonchev–Trinajstić information content (AvgIpc) is 2.75. The number of carbonyl (C=O) groups is 1. The lowest BCUT2D eigenvalue weighted by molar-refractivity contribution is 0.0956. The third-order valence-electron chi connectivity index (χ3n) is 5.05. The van der Waals surface area contributed by atoms with Gasteiger partial charge in [0.05, 0.1) is 18.4 Å². The van der Waals surface area contributed by atoms with Gasteiger partial charge in [0.1, 0.15) is 5.75 Å². The van der Waals surface area contributed by atoms with Crippen LogP contribution in [-0.2, 0) is 0 Å². The minimum Gasteiger partial charge on any atom is -0.495 e. The number of anilines is 2. The molecule has 0 unspecified atom stereocenters. The third kappa shape index (κ3) is 4.95. The van der Waals surface area contributed by atoms with Crippen LogP contribution in [0.25, 0.3) is 0 Å². The van der Waals surface area contributed by atoms with Crippen LogP contribution in [0.4, 0.5) is 11.4 Å². The molecule has 0 aromatic heterocycles. The molecule has 2 N–H and O–H groups in total. The van der Waals surface area contributed by atoms with Crippen LogP contribution in [0.1, 0.15) is 17.3 Å². The van der Waals surface area contributed by atoms with E-state index < -0.39 is 0 Å². The summed E-state index contributed by atoms with van der Waals surface area (Å²) < 4.78 is 5.49. The van der Waals surface area contributed by atoms with Crippen LogP contribution in [0.5, 0.6) is 5.75 Å². The number of piperazine rings is 1. The lowest BCUT2D eigenvalue weighted by atomic mass is 10.1. The van der Waals surface area contributed by atoms with E-state index >= 15 is 0 Å². The van der Waals surface area contributed by atoms with Gasteiger partial charge >= 0.3 is 0 Å². The highest BCUT2D eigenvalue weighted by Crippen LogP contribution is 2.28. The monoisotopic (exact) mass is 382 g/mol. The van der Waals surface area contributed by atoms with E-state index in [1.54, 1.807) is 7.11 Å². The van der Waals surface area contributed by atoms with Crippen LogP contribution in [0, 0.1) is 0 Å². The Hall–Kier alpha value is -2.73. The van der Waals surface area contributed by atoms with E-state index in [1.165, 1.54) is 5.69 Å². The standard InChI is InChI=1S/C22H30N4O2/c1-3-23-22(27)18-8-4-5-9-19(18)24-12-13-25-14-16-26(17-15-25)20-10-6-7-11-21(20)28-2/h4-11,24H,3,12-17H2,1-2H3,(H,23,27). The highest BCUT2D eigenvalue weighted by Gasteiger charge is 2.19. The van der Waals surface area contributed by atoms with Crippen molar-refractivity contribution in [2.75, 3.05) is 63.1 Å². The van der Waals surface area contributed by atoms with Crippen LogP contribution >= 0.6 is 0 Å². The second-order valence-corrected chi connectivity index (χ2v) is 6.83. The number of hydrogen-bond acceptors (Lipinski definition) is 5. The summed E-state index contributed by atoms with van der Waals surface area (Å²) in [6.45, 7) is 8.30. The second-order valence-electron chi connectivity index (χ2n) is 6.83. The van der Waals surface area contributed by atoms with E-state index in [0.717, 1.165) is 50.7 Å². The van der Waals surface area contributed by atoms with E-state index in [4.69, 9.17) is 4.74 Å². The fourth-order valence-corrected chi connectivity index (χ4v) is 3.54. The van der Waals surface area contributed by atoms with Crippen molar-refractivity contribution >= 4 is 17.3 Å². The maximum absolute atomic E-state index is 12.2. The molecular formula is C22H30N4O2. The Morgan fingerprint density at radius 1 is 1.04 bits per heavy atom. The van der Waals surface area contributed by atoms with Crippen molar-refractivity contribution in [1.29, 1.82) is 0 Å². The molecule has 0 atom stereocenters. The number of methoxy groups -OCH3 is 1. The Morgan fingerprint density at radius 2 is 1.75 bits per heavy atom.